The number of rotatable bonds is 8. The second-order valence-corrected chi connectivity index (χ2v) is 12.8. The first-order chi connectivity index (χ1) is 19.2. The van der Waals surface area contributed by atoms with Crippen molar-refractivity contribution < 1.29 is 0 Å². The van der Waals surface area contributed by atoms with Gasteiger partial charge >= 0.3 is 0 Å². The van der Waals surface area contributed by atoms with Crippen LogP contribution in [0.1, 0.15) is 71.5 Å². The highest BCUT2D eigenvalue weighted by atomic mass is 32.1. The Morgan fingerprint density at radius 2 is 0.821 bits per heavy atom. The van der Waals surface area contributed by atoms with E-state index in [-0.39, 0.29) is 0 Å². The molecule has 0 nitrogen and oxygen atoms in total. The summed E-state index contributed by atoms with van der Waals surface area (Å²) >= 11 is 5.36. The molecule has 194 valence electrons. The van der Waals surface area contributed by atoms with Gasteiger partial charge in [-0.15, -0.1) is 34.0 Å². The van der Waals surface area contributed by atoms with Gasteiger partial charge in [-0.3, -0.25) is 0 Å². The van der Waals surface area contributed by atoms with Crippen molar-refractivity contribution in [3.63, 3.8) is 0 Å². The molecule has 39 heavy (non-hydrogen) atoms. The molecule has 3 heterocycles. The summed E-state index contributed by atoms with van der Waals surface area (Å²) in [6.45, 7) is 4.46. The summed E-state index contributed by atoms with van der Waals surface area (Å²) in [6.07, 6.45) is 7.23. The largest absolute Gasteiger partial charge is 0.134 e. The molecule has 0 amide bonds. The van der Waals surface area contributed by atoms with E-state index in [9.17, 15) is 0 Å². The summed E-state index contributed by atoms with van der Waals surface area (Å²) in [5.74, 6) is 13.4. The summed E-state index contributed by atoms with van der Waals surface area (Å²) in [4.78, 5) is 7.30. The van der Waals surface area contributed by atoms with Crippen molar-refractivity contribution >= 4 is 34.0 Å². The van der Waals surface area contributed by atoms with Gasteiger partial charge in [0.05, 0.1) is 9.75 Å². The van der Waals surface area contributed by atoms with Gasteiger partial charge < -0.3 is 0 Å². The minimum atomic E-state index is 1.07. The van der Waals surface area contributed by atoms with Gasteiger partial charge in [-0.25, -0.2) is 0 Å². The highest BCUT2D eigenvalue weighted by Gasteiger charge is 2.09. The SMILES string of the molecule is CCCCc1ccc(C#Cc2ccc(-c3ccc(-c4ccc(C#Cc5ccc(CCCC)cc5)s4)s3)s2)cc1. The molecule has 0 saturated heterocycles. The van der Waals surface area contributed by atoms with Crippen molar-refractivity contribution in [2.45, 2.75) is 52.4 Å². The molecule has 2 aromatic carbocycles. The van der Waals surface area contributed by atoms with E-state index in [1.165, 1.54) is 56.3 Å². The second-order valence-electron chi connectivity index (χ2n) is 9.59. The van der Waals surface area contributed by atoms with Crippen molar-refractivity contribution in [3.8, 4) is 43.2 Å². The first-order valence-electron chi connectivity index (χ1n) is 13.7. The van der Waals surface area contributed by atoms with Crippen molar-refractivity contribution in [1.29, 1.82) is 0 Å². The minimum Gasteiger partial charge on any atom is -0.134 e. The molecule has 3 heteroatoms. The average Bonchev–Trinajstić information content (AvgIpc) is 3.75. The number of unbranched alkanes of at least 4 members (excludes halogenated alkanes) is 2. The van der Waals surface area contributed by atoms with Crippen molar-refractivity contribution in [3.05, 3.63) is 117 Å². The fourth-order valence-corrected chi connectivity index (χ4v) is 7.12. The Hall–Kier alpha value is -3.34. The van der Waals surface area contributed by atoms with Crippen LogP contribution in [0.5, 0.6) is 0 Å². The maximum atomic E-state index is 3.35. The quantitative estimate of drug-likeness (QED) is 0.166. The smallest absolute Gasteiger partial charge is 0.0779 e. The molecule has 0 N–H and O–H groups in total. The maximum absolute atomic E-state index is 3.35. The zero-order chi connectivity index (χ0) is 26.9. The van der Waals surface area contributed by atoms with E-state index in [0.29, 0.717) is 0 Å². The van der Waals surface area contributed by atoms with Crippen LogP contribution in [0.2, 0.25) is 0 Å². The van der Waals surface area contributed by atoms with Gasteiger partial charge in [0.1, 0.15) is 0 Å². The third kappa shape index (κ3) is 7.62. The lowest BCUT2D eigenvalue weighted by atomic mass is 10.1. The summed E-state index contributed by atoms with van der Waals surface area (Å²) < 4.78 is 0. The first kappa shape index (κ1) is 27.2. The molecule has 0 bridgehead atoms. The van der Waals surface area contributed by atoms with Gasteiger partial charge in [-0.05, 0) is 97.5 Å². The van der Waals surface area contributed by atoms with Gasteiger partial charge in [0.15, 0.2) is 0 Å². The Morgan fingerprint density at radius 1 is 0.436 bits per heavy atom. The van der Waals surface area contributed by atoms with E-state index in [2.05, 4.69) is 122 Å². The minimum absolute atomic E-state index is 1.07. The van der Waals surface area contributed by atoms with Gasteiger partial charge in [0.25, 0.3) is 0 Å². The summed E-state index contributed by atoms with van der Waals surface area (Å²) in [7, 11) is 0. The molecule has 0 fully saturated rings. The van der Waals surface area contributed by atoms with Crippen LogP contribution in [0, 0.1) is 23.7 Å². The number of thiophene rings is 3. The monoisotopic (exact) mass is 560 g/mol. The lowest BCUT2D eigenvalue weighted by molar-refractivity contribution is 0.795. The fraction of sp³-hybridized carbons (Fsp3) is 0.222. The maximum Gasteiger partial charge on any atom is 0.0779 e. The van der Waals surface area contributed by atoms with E-state index in [1.54, 1.807) is 22.7 Å². The highest BCUT2D eigenvalue weighted by molar-refractivity contribution is 7.26. The molecule has 0 aliphatic carbocycles. The Balaban J connectivity index is 1.22. The normalized spacial score (nSPS) is 10.5. The van der Waals surface area contributed by atoms with Crippen molar-refractivity contribution in [2.75, 3.05) is 0 Å². The Bertz CT molecular complexity index is 1500. The second kappa shape index (κ2) is 13.6. The molecule has 0 radical (unpaired) electrons. The molecule has 0 spiro atoms. The van der Waals surface area contributed by atoms with Gasteiger partial charge in [-0.1, -0.05) is 74.6 Å². The molecular weight excluding hydrogens is 529 g/mol. The molecule has 0 atom stereocenters. The molecule has 0 unspecified atom stereocenters. The number of hydrogen-bond acceptors (Lipinski definition) is 3. The molecule has 5 aromatic rings. The summed E-state index contributed by atoms with van der Waals surface area (Å²) in [5, 5.41) is 0. The van der Waals surface area contributed by atoms with E-state index in [4.69, 9.17) is 0 Å². The zero-order valence-corrected chi connectivity index (χ0v) is 25.0. The van der Waals surface area contributed by atoms with Crippen LogP contribution < -0.4 is 0 Å². The van der Waals surface area contributed by atoms with Gasteiger partial charge in [0.2, 0.25) is 0 Å². The fourth-order valence-electron chi connectivity index (χ4n) is 4.22. The predicted octanol–water partition coefficient (Wildman–Crippen LogP) is 10.7. The van der Waals surface area contributed by atoms with Crippen molar-refractivity contribution in [2.24, 2.45) is 0 Å². The zero-order valence-electron chi connectivity index (χ0n) is 22.6. The Kier molecular flexibility index (Phi) is 9.52. The van der Waals surface area contributed by atoms with E-state index in [0.717, 1.165) is 33.7 Å². The average molecular weight is 561 g/mol. The number of aryl methyl sites for hydroxylation is 2. The Morgan fingerprint density at radius 3 is 1.23 bits per heavy atom. The molecular formula is C36H32S3. The first-order valence-corrected chi connectivity index (χ1v) is 16.2. The molecule has 0 aliphatic heterocycles. The molecule has 0 saturated carbocycles. The van der Waals surface area contributed by atoms with E-state index >= 15 is 0 Å². The third-order valence-electron chi connectivity index (χ3n) is 6.51. The van der Waals surface area contributed by atoms with Crippen LogP contribution in [0.4, 0.5) is 0 Å². The van der Waals surface area contributed by atoms with Crippen molar-refractivity contribution in [1.82, 2.24) is 0 Å². The van der Waals surface area contributed by atoms with Gasteiger partial charge in [0, 0.05) is 30.6 Å². The molecule has 3 aromatic heterocycles. The molecule has 0 aliphatic rings. The van der Waals surface area contributed by atoms with Crippen LogP contribution in [0.3, 0.4) is 0 Å². The number of hydrogen-bond donors (Lipinski definition) is 0. The molecule has 5 rings (SSSR count). The highest BCUT2D eigenvalue weighted by Crippen LogP contribution is 2.39. The van der Waals surface area contributed by atoms with Gasteiger partial charge in [-0.2, -0.15) is 0 Å². The number of benzene rings is 2. The topological polar surface area (TPSA) is 0 Å². The Labute approximate surface area is 245 Å². The predicted molar refractivity (Wildman–Crippen MR) is 173 cm³/mol. The van der Waals surface area contributed by atoms with E-state index < -0.39 is 0 Å². The van der Waals surface area contributed by atoms with Crippen LogP contribution in [0.25, 0.3) is 19.5 Å². The van der Waals surface area contributed by atoms with Crippen LogP contribution in [0.15, 0.2) is 84.9 Å². The summed E-state index contributed by atoms with van der Waals surface area (Å²) in [5.41, 5.74) is 4.94. The van der Waals surface area contributed by atoms with E-state index in [1.807, 2.05) is 11.3 Å². The summed E-state index contributed by atoms with van der Waals surface area (Å²) in [6, 6.07) is 30.5. The van der Waals surface area contributed by atoms with Crippen LogP contribution in [-0.2, 0) is 12.8 Å². The van der Waals surface area contributed by atoms with Crippen LogP contribution in [-0.4, -0.2) is 0 Å². The van der Waals surface area contributed by atoms with Crippen LogP contribution >= 0.6 is 34.0 Å². The standard InChI is InChI=1S/C36H32S3/c1-3-5-7-27-9-13-29(14-10-27)17-19-31-21-23-33(37-31)35-25-26-36(39-35)34-24-22-32(38-34)20-18-30-15-11-28(12-16-30)8-6-4-2/h9-16,21-26H,3-8H2,1-2H3. The lowest BCUT2D eigenvalue weighted by Gasteiger charge is -1.99. The third-order valence-corrected chi connectivity index (χ3v) is 9.99. The lowest BCUT2D eigenvalue weighted by Crippen LogP contribution is -1.84.